The fourth-order valence-electron chi connectivity index (χ4n) is 0.222. The van der Waals surface area contributed by atoms with Crippen molar-refractivity contribution in [2.45, 2.75) is 0 Å². The minimum Gasteiger partial charge on any atom is -0.364 e. The van der Waals surface area contributed by atoms with Crippen molar-refractivity contribution in [3.05, 3.63) is 12.3 Å². The lowest BCUT2D eigenvalue weighted by molar-refractivity contribution is 0.425. The topological polar surface area (TPSA) is 61.0 Å². The van der Waals surface area contributed by atoms with Crippen LogP contribution in [0.1, 0.15) is 0 Å². The van der Waals surface area contributed by atoms with Gasteiger partial charge in [0.05, 0.1) is 5.44 Å². The summed E-state index contributed by atoms with van der Waals surface area (Å²) in [6, 6.07) is 1.77. The van der Waals surface area contributed by atoms with Crippen LogP contribution in [0.5, 0.6) is 0 Å². The summed E-state index contributed by atoms with van der Waals surface area (Å²) in [5.74, 6) is 0. The molecular formula is C3H7N2OP. The van der Waals surface area contributed by atoms with Crippen LogP contribution < -0.4 is 11.6 Å². The Hall–Kier alpha value is -0.400. The second-order valence-corrected chi connectivity index (χ2v) is 1.52. The first kappa shape index (κ1) is 6.60. The summed E-state index contributed by atoms with van der Waals surface area (Å²) in [6.45, 7) is 0. The van der Waals surface area contributed by atoms with E-state index in [4.69, 9.17) is 0 Å². The van der Waals surface area contributed by atoms with Gasteiger partial charge in [0.15, 0.2) is 0 Å². The molecule has 0 amide bonds. The van der Waals surface area contributed by atoms with E-state index in [1.807, 2.05) is 0 Å². The van der Waals surface area contributed by atoms with Crippen LogP contribution in [-0.4, -0.2) is 5.16 Å². The van der Waals surface area contributed by atoms with Crippen LogP contribution in [0.4, 0.5) is 0 Å². The highest BCUT2D eigenvalue weighted by molar-refractivity contribution is 7.26. The normalized spacial score (nSPS) is 7.57. The molecule has 1 unspecified atom stereocenters. The molecule has 4 heteroatoms. The summed E-state index contributed by atoms with van der Waals surface area (Å²) in [5.41, 5.74) is 0.843. The van der Waals surface area contributed by atoms with Crippen molar-refractivity contribution in [3.8, 4) is 0 Å². The van der Waals surface area contributed by atoms with Crippen molar-refractivity contribution >= 4 is 14.7 Å². The van der Waals surface area contributed by atoms with Crippen molar-refractivity contribution in [2.75, 3.05) is 0 Å². The van der Waals surface area contributed by atoms with E-state index in [1.165, 1.54) is 6.26 Å². The van der Waals surface area contributed by atoms with Gasteiger partial charge < -0.3 is 10.7 Å². The Labute approximate surface area is 43.9 Å². The zero-order chi connectivity index (χ0) is 4.41. The van der Waals surface area contributed by atoms with Gasteiger partial charge >= 0.3 is 0 Å². The standard InChI is InChI=1S/C3H4NOP.H3N/c6-3-1-2-5-4-3;/h1-2H,6H2;1H3. The van der Waals surface area contributed by atoms with Gasteiger partial charge in [-0.2, -0.15) is 0 Å². The van der Waals surface area contributed by atoms with Crippen LogP contribution in [0, 0.1) is 0 Å². The van der Waals surface area contributed by atoms with Crippen LogP contribution in [0.3, 0.4) is 0 Å². The van der Waals surface area contributed by atoms with Crippen LogP contribution in [0.2, 0.25) is 0 Å². The number of hydrogen-bond donors (Lipinski definition) is 1. The van der Waals surface area contributed by atoms with Crippen molar-refractivity contribution in [2.24, 2.45) is 0 Å². The van der Waals surface area contributed by atoms with Crippen LogP contribution in [0.25, 0.3) is 0 Å². The lowest BCUT2D eigenvalue weighted by atomic mass is 10.8. The molecule has 7 heavy (non-hydrogen) atoms. The maximum absolute atomic E-state index is 4.44. The monoisotopic (exact) mass is 118 g/mol. The van der Waals surface area contributed by atoms with E-state index in [1.54, 1.807) is 6.07 Å². The van der Waals surface area contributed by atoms with Crippen molar-refractivity contribution in [1.82, 2.24) is 11.3 Å². The molecule has 0 radical (unpaired) electrons. The molecule has 1 rings (SSSR count). The molecule has 0 aliphatic rings. The van der Waals surface area contributed by atoms with E-state index >= 15 is 0 Å². The van der Waals surface area contributed by atoms with E-state index in [2.05, 4.69) is 18.9 Å². The first-order valence-corrected chi connectivity index (χ1v) is 2.13. The van der Waals surface area contributed by atoms with E-state index in [9.17, 15) is 0 Å². The summed E-state index contributed by atoms with van der Waals surface area (Å²) in [7, 11) is 2.41. The van der Waals surface area contributed by atoms with Gasteiger partial charge in [-0.05, 0) is 0 Å². The number of hydrogen-bond acceptors (Lipinski definition) is 3. The summed E-state index contributed by atoms with van der Waals surface area (Å²) in [4.78, 5) is 0. The molecule has 0 aliphatic carbocycles. The van der Waals surface area contributed by atoms with E-state index < -0.39 is 0 Å². The maximum Gasteiger partial charge on any atom is 0.124 e. The fourth-order valence-corrected chi connectivity index (χ4v) is 0.361. The lowest BCUT2D eigenvalue weighted by Gasteiger charge is -1.62. The molecule has 40 valence electrons. The van der Waals surface area contributed by atoms with Gasteiger partial charge in [-0.3, -0.25) is 0 Å². The predicted molar refractivity (Wildman–Crippen MR) is 30.9 cm³/mol. The summed E-state index contributed by atoms with van der Waals surface area (Å²) in [5, 5.41) is 3.50. The first-order valence-electron chi connectivity index (χ1n) is 1.55. The zero-order valence-corrected chi connectivity index (χ0v) is 4.95. The highest BCUT2D eigenvalue weighted by Crippen LogP contribution is 1.80. The van der Waals surface area contributed by atoms with Crippen molar-refractivity contribution in [3.63, 3.8) is 0 Å². The molecule has 0 aliphatic heterocycles. The van der Waals surface area contributed by atoms with Crippen molar-refractivity contribution < 1.29 is 4.52 Å². The number of nitrogens with zero attached hydrogens (tertiary/aromatic N) is 1. The third-order valence-corrected chi connectivity index (χ3v) is 0.756. The smallest absolute Gasteiger partial charge is 0.124 e. The van der Waals surface area contributed by atoms with Gasteiger partial charge in [0.2, 0.25) is 0 Å². The minimum absolute atomic E-state index is 0. The number of aromatic nitrogens is 1. The Morgan fingerprint density at radius 3 is 2.57 bits per heavy atom. The van der Waals surface area contributed by atoms with Gasteiger partial charge in [-0.1, -0.05) is 14.4 Å². The van der Waals surface area contributed by atoms with Gasteiger partial charge in [0.25, 0.3) is 0 Å². The Morgan fingerprint density at radius 2 is 2.43 bits per heavy atom. The molecule has 1 aromatic heterocycles. The largest absolute Gasteiger partial charge is 0.364 e. The van der Waals surface area contributed by atoms with Crippen molar-refractivity contribution in [1.29, 1.82) is 0 Å². The average molecular weight is 118 g/mol. The Kier molecular flexibility index (Phi) is 2.56. The lowest BCUT2D eigenvalue weighted by Crippen LogP contribution is -1.83. The highest BCUT2D eigenvalue weighted by Gasteiger charge is 1.78. The maximum atomic E-state index is 4.44. The summed E-state index contributed by atoms with van der Waals surface area (Å²) >= 11 is 0. The predicted octanol–water partition coefficient (Wildman–Crippen LogP) is 0.337. The SMILES string of the molecule is N.Pc1ccon1. The molecule has 0 aromatic carbocycles. The molecule has 0 saturated carbocycles. The minimum atomic E-state index is 0. The molecule has 1 atom stereocenters. The molecule has 3 N–H and O–H groups in total. The molecule has 0 saturated heterocycles. The van der Waals surface area contributed by atoms with Crippen LogP contribution >= 0.6 is 9.24 Å². The Morgan fingerprint density at radius 1 is 1.71 bits per heavy atom. The Bertz CT molecular complexity index is 116. The Balaban J connectivity index is 0.000000360. The van der Waals surface area contributed by atoms with Gasteiger partial charge in [0.1, 0.15) is 6.26 Å². The quantitative estimate of drug-likeness (QED) is 0.499. The summed E-state index contributed by atoms with van der Waals surface area (Å²) in [6.07, 6.45) is 1.53. The van der Waals surface area contributed by atoms with E-state index in [0.717, 1.165) is 5.44 Å². The summed E-state index contributed by atoms with van der Waals surface area (Å²) < 4.78 is 4.44. The zero-order valence-electron chi connectivity index (χ0n) is 3.79. The highest BCUT2D eigenvalue weighted by atomic mass is 31.0. The number of rotatable bonds is 0. The van der Waals surface area contributed by atoms with E-state index in [0.29, 0.717) is 0 Å². The molecule has 3 nitrogen and oxygen atoms in total. The van der Waals surface area contributed by atoms with Gasteiger partial charge in [-0.25, -0.2) is 0 Å². The fraction of sp³-hybridized carbons (Fsp3) is 0. The molecule has 0 fully saturated rings. The molecule has 1 heterocycles. The third kappa shape index (κ3) is 1.67. The molecule has 0 bridgehead atoms. The van der Waals surface area contributed by atoms with Crippen LogP contribution in [0.15, 0.2) is 16.9 Å². The second kappa shape index (κ2) is 2.72. The average Bonchev–Trinajstić information content (AvgIpc) is 1.86. The second-order valence-electron chi connectivity index (χ2n) is 0.924. The van der Waals surface area contributed by atoms with Gasteiger partial charge in [-0.15, -0.1) is 0 Å². The van der Waals surface area contributed by atoms with Crippen LogP contribution in [-0.2, 0) is 0 Å². The molecule has 0 spiro atoms. The van der Waals surface area contributed by atoms with E-state index in [-0.39, 0.29) is 6.15 Å². The molecule has 1 aromatic rings. The molecular weight excluding hydrogens is 111 g/mol. The third-order valence-electron chi connectivity index (χ3n) is 0.458. The van der Waals surface area contributed by atoms with Gasteiger partial charge in [0, 0.05) is 6.07 Å². The first-order chi connectivity index (χ1) is 2.89.